The summed E-state index contributed by atoms with van der Waals surface area (Å²) in [6.45, 7) is 2.29. The summed E-state index contributed by atoms with van der Waals surface area (Å²) in [6.07, 6.45) is 14.0. The number of pyridine rings is 2. The third-order valence-electron chi connectivity index (χ3n) is 11.2. The van der Waals surface area contributed by atoms with Crippen LogP contribution >= 0.6 is 11.3 Å². The van der Waals surface area contributed by atoms with Crippen LogP contribution in [0.4, 0.5) is 0 Å². The average Bonchev–Trinajstić information content (AvgIpc) is 3.95. The topological polar surface area (TPSA) is 7.98 Å². The van der Waals surface area contributed by atoms with Crippen LogP contribution < -0.4 is 19.8 Å². The second-order valence-electron chi connectivity index (χ2n) is 14.5. The molecule has 0 spiro atoms. The molecule has 258 valence electrons. The molecular formula is C49H43BN2S. The highest BCUT2D eigenvalue weighted by Crippen LogP contribution is 2.40. The van der Waals surface area contributed by atoms with Crippen LogP contribution in [0.3, 0.4) is 0 Å². The van der Waals surface area contributed by atoms with Crippen molar-refractivity contribution in [2.24, 2.45) is 0 Å². The molecule has 2 nitrogen and oxygen atoms in total. The maximum Gasteiger partial charge on any atom is 0.361 e. The molecule has 0 fully saturated rings. The van der Waals surface area contributed by atoms with Crippen LogP contribution in [0.15, 0.2) is 176 Å². The number of benzene rings is 4. The van der Waals surface area contributed by atoms with Gasteiger partial charge in [-0.1, -0.05) is 176 Å². The lowest BCUT2D eigenvalue weighted by molar-refractivity contribution is -0.538. The predicted molar refractivity (Wildman–Crippen MR) is 225 cm³/mol. The van der Waals surface area contributed by atoms with Gasteiger partial charge in [-0.3, -0.25) is 4.40 Å². The van der Waals surface area contributed by atoms with E-state index in [-0.39, 0.29) is 0 Å². The van der Waals surface area contributed by atoms with Crippen LogP contribution in [0.1, 0.15) is 49.4 Å². The van der Waals surface area contributed by atoms with Crippen LogP contribution in [-0.4, -0.2) is 6.28 Å². The fraction of sp³-hybridized carbons (Fsp3) is 0.122. The van der Waals surface area contributed by atoms with Crippen LogP contribution in [0.5, 0.6) is 0 Å². The molecule has 1 aliphatic heterocycles. The Kier molecular flexibility index (Phi) is 8.99. The monoisotopic (exact) mass is 702 g/mol. The van der Waals surface area contributed by atoms with E-state index in [1.165, 1.54) is 96.4 Å². The van der Waals surface area contributed by atoms with Crippen molar-refractivity contribution in [1.82, 2.24) is 0 Å². The third kappa shape index (κ3) is 6.07. The molecule has 5 heterocycles. The van der Waals surface area contributed by atoms with E-state index >= 15 is 0 Å². The maximum absolute atomic E-state index is 2.61. The van der Waals surface area contributed by atoms with Gasteiger partial charge < -0.3 is 4.48 Å². The Hall–Kier alpha value is -5.71. The molecule has 0 radical (unpaired) electrons. The minimum Gasteiger partial charge on any atom is -0.408 e. The smallest absolute Gasteiger partial charge is 0.361 e. The highest BCUT2D eigenvalue weighted by molar-refractivity contribution is 7.19. The molecular weight excluding hydrogens is 659 g/mol. The Balaban J connectivity index is 1.19. The van der Waals surface area contributed by atoms with Crippen molar-refractivity contribution in [2.45, 2.75) is 39.0 Å². The van der Waals surface area contributed by atoms with Crippen LogP contribution in [0.25, 0.3) is 49.1 Å². The molecule has 0 atom stereocenters. The standard InChI is InChI=1S/C49H43BN2S/c1-2-3-4-9-22-39-32-48(40-27-29-45-31-42(35-51(45)34-40)37-18-10-5-11-19-37)53-49(39)41-28-30-46-33-47(38-20-12-6-13-21-38)50(52(46)36-41,43-23-14-7-15-24-43)44-25-16-8-17-26-44/h5-8,10-21,23-36H,2-4,9,22H2,1H3. The van der Waals surface area contributed by atoms with Gasteiger partial charge in [0.15, 0.2) is 0 Å². The van der Waals surface area contributed by atoms with Crippen molar-refractivity contribution in [3.63, 3.8) is 0 Å². The van der Waals surface area contributed by atoms with E-state index in [1.54, 1.807) is 0 Å². The minimum atomic E-state index is -1.52. The minimum absolute atomic E-state index is 1.08. The summed E-state index contributed by atoms with van der Waals surface area (Å²) in [7, 11) is 0. The van der Waals surface area contributed by atoms with Gasteiger partial charge in [-0.05, 0) is 42.7 Å². The lowest BCUT2D eigenvalue weighted by atomic mass is 9.23. The van der Waals surface area contributed by atoms with Gasteiger partial charge in [0.2, 0.25) is 0 Å². The number of aromatic nitrogens is 2. The Morgan fingerprint density at radius 2 is 1.23 bits per heavy atom. The van der Waals surface area contributed by atoms with Crippen LogP contribution in [-0.2, 0) is 6.42 Å². The van der Waals surface area contributed by atoms with Crippen molar-refractivity contribution in [1.29, 1.82) is 0 Å². The van der Waals surface area contributed by atoms with E-state index in [2.05, 4.69) is 198 Å². The molecule has 4 aromatic heterocycles. The summed E-state index contributed by atoms with van der Waals surface area (Å²) in [5, 5.41) is 0. The Bertz CT molecular complexity index is 2490. The molecule has 8 aromatic rings. The lowest BCUT2D eigenvalue weighted by Gasteiger charge is -2.36. The van der Waals surface area contributed by atoms with Crippen LogP contribution in [0, 0.1) is 0 Å². The first kappa shape index (κ1) is 33.2. The van der Waals surface area contributed by atoms with Crippen LogP contribution in [0.2, 0.25) is 0 Å². The zero-order valence-corrected chi connectivity index (χ0v) is 31.1. The molecule has 0 bridgehead atoms. The number of aryl methyl sites for hydroxylation is 1. The molecule has 9 rings (SSSR count). The van der Waals surface area contributed by atoms with Gasteiger partial charge in [-0.25, -0.2) is 0 Å². The molecule has 0 saturated heterocycles. The van der Waals surface area contributed by atoms with E-state index in [0.29, 0.717) is 0 Å². The number of thiophene rings is 1. The number of rotatable bonds is 11. The summed E-state index contributed by atoms with van der Waals surface area (Å²) in [5.41, 5.74) is 14.2. The molecule has 0 N–H and O–H groups in total. The number of fused-ring (bicyclic) bond motifs is 2. The first-order valence-corrected chi connectivity index (χ1v) is 19.9. The van der Waals surface area contributed by atoms with Crippen molar-refractivity contribution in [3.05, 3.63) is 193 Å². The fourth-order valence-corrected chi connectivity index (χ4v) is 9.82. The number of nitrogens with zero attached hydrogens (tertiary/aromatic N) is 2. The molecule has 1 aliphatic rings. The summed E-state index contributed by atoms with van der Waals surface area (Å²) in [5.74, 6) is 0. The third-order valence-corrected chi connectivity index (χ3v) is 12.5. The molecule has 4 aromatic carbocycles. The number of hydrogen-bond acceptors (Lipinski definition) is 1. The lowest BCUT2D eigenvalue weighted by Crippen LogP contribution is -2.78. The summed E-state index contributed by atoms with van der Waals surface area (Å²) < 4.78 is 4.90. The van der Waals surface area contributed by atoms with Crippen molar-refractivity contribution in [2.75, 3.05) is 0 Å². The predicted octanol–water partition coefficient (Wildman–Crippen LogP) is 10.3. The molecule has 0 saturated carbocycles. The van der Waals surface area contributed by atoms with E-state index in [1.807, 2.05) is 11.3 Å². The summed E-state index contributed by atoms with van der Waals surface area (Å²) >= 11 is 1.94. The van der Waals surface area contributed by atoms with Gasteiger partial charge >= 0.3 is 6.28 Å². The SMILES string of the molecule is CCCCCCc1cc(-c2ccc3cc(-c4ccccc4)[cH-][n+]3c2)sc1-c1ccc2[n+](c1)[B-](c1ccccc1)(c1ccccc1)C(c1ccccc1)=C2. The summed E-state index contributed by atoms with van der Waals surface area (Å²) in [4.78, 5) is 2.70. The molecule has 0 amide bonds. The van der Waals surface area contributed by atoms with E-state index in [4.69, 9.17) is 0 Å². The molecule has 0 unspecified atom stereocenters. The average molecular weight is 703 g/mol. The van der Waals surface area contributed by atoms with Crippen molar-refractivity contribution >= 4 is 45.6 Å². The van der Waals surface area contributed by atoms with E-state index in [0.717, 1.165) is 6.42 Å². The highest BCUT2D eigenvalue weighted by Gasteiger charge is 2.49. The van der Waals surface area contributed by atoms with Gasteiger partial charge in [-0.2, -0.15) is 0 Å². The zero-order chi connectivity index (χ0) is 35.6. The maximum atomic E-state index is 2.61. The van der Waals surface area contributed by atoms with Gasteiger partial charge in [-0.15, -0.1) is 27.7 Å². The van der Waals surface area contributed by atoms with Gasteiger partial charge in [0.25, 0.3) is 0 Å². The Morgan fingerprint density at radius 3 is 1.91 bits per heavy atom. The van der Waals surface area contributed by atoms with E-state index in [9.17, 15) is 0 Å². The summed E-state index contributed by atoms with van der Waals surface area (Å²) in [6, 6.07) is 58.0. The van der Waals surface area contributed by atoms with Crippen molar-refractivity contribution in [3.8, 4) is 32.0 Å². The normalized spacial score (nSPS) is 13.3. The van der Waals surface area contributed by atoms with E-state index < -0.39 is 6.28 Å². The van der Waals surface area contributed by atoms with Crippen molar-refractivity contribution < 1.29 is 8.88 Å². The first-order valence-electron chi connectivity index (χ1n) is 19.1. The van der Waals surface area contributed by atoms with Gasteiger partial charge in [0, 0.05) is 21.4 Å². The van der Waals surface area contributed by atoms with Gasteiger partial charge in [0.1, 0.15) is 29.8 Å². The van der Waals surface area contributed by atoms with Gasteiger partial charge in [0.05, 0.1) is 5.56 Å². The zero-order valence-electron chi connectivity index (χ0n) is 30.2. The number of hydrogen-bond donors (Lipinski definition) is 0. The molecule has 53 heavy (non-hydrogen) atoms. The second kappa shape index (κ2) is 14.4. The molecule has 0 aliphatic carbocycles. The number of unbranched alkanes of at least 4 members (excludes halogenated alkanes) is 3. The quantitative estimate of drug-likeness (QED) is 0.0549. The second-order valence-corrected chi connectivity index (χ2v) is 15.5. The Labute approximate surface area is 317 Å². The largest absolute Gasteiger partial charge is 0.408 e. The Morgan fingerprint density at radius 1 is 0.585 bits per heavy atom. The molecule has 4 heteroatoms. The highest BCUT2D eigenvalue weighted by atomic mass is 32.1. The fourth-order valence-electron chi connectivity index (χ4n) is 8.63. The first-order chi connectivity index (χ1) is 26.2.